The van der Waals surface area contributed by atoms with Crippen molar-refractivity contribution in [2.75, 3.05) is 39.3 Å². The number of nitrogens with zero attached hydrogens (tertiary/aromatic N) is 4. The van der Waals surface area contributed by atoms with E-state index in [0.717, 1.165) is 11.3 Å². The Morgan fingerprint density at radius 2 is 1.87 bits per heavy atom. The van der Waals surface area contributed by atoms with Crippen LogP contribution in [0.25, 0.3) is 6.08 Å². The minimum Gasteiger partial charge on any atom is -0.468 e. The van der Waals surface area contributed by atoms with Crippen molar-refractivity contribution in [3.8, 4) is 6.07 Å². The first kappa shape index (κ1) is 22.7. The fraction of sp³-hybridized carbons (Fsp3) is 0.364. The number of hydrogen-bond acceptors (Lipinski definition) is 6. The van der Waals surface area contributed by atoms with Gasteiger partial charge in [0.1, 0.15) is 5.76 Å². The summed E-state index contributed by atoms with van der Waals surface area (Å²) >= 11 is 0. The first-order valence-corrected chi connectivity index (χ1v) is 11.6. The van der Waals surface area contributed by atoms with E-state index in [1.165, 1.54) is 9.71 Å². The average Bonchev–Trinajstić information content (AvgIpc) is 3.30. The molecule has 9 heteroatoms. The Morgan fingerprint density at radius 3 is 2.52 bits per heavy atom. The zero-order valence-electron chi connectivity index (χ0n) is 17.3. The molecule has 1 aromatic carbocycles. The van der Waals surface area contributed by atoms with Crippen molar-refractivity contribution in [2.24, 2.45) is 0 Å². The topological polar surface area (TPSA) is 97.9 Å². The third-order valence-corrected chi connectivity index (χ3v) is 6.61. The first-order valence-electron chi connectivity index (χ1n) is 10.1. The van der Waals surface area contributed by atoms with Gasteiger partial charge in [-0.15, -0.1) is 0 Å². The van der Waals surface area contributed by atoms with Crippen LogP contribution in [0.1, 0.15) is 17.7 Å². The predicted octanol–water partition coefficient (Wildman–Crippen LogP) is 2.14. The van der Waals surface area contributed by atoms with Gasteiger partial charge < -0.3 is 9.32 Å². The number of carbonyl (C=O) groups excluding carboxylic acids is 1. The molecule has 2 heterocycles. The normalized spacial score (nSPS) is 15.4. The maximum absolute atomic E-state index is 12.8. The SMILES string of the molecule is N#CCCN(CC(=O)N1CCN(S(=O)(=O)/C=C/c2ccccc2)CC1)Cc1ccco1. The summed E-state index contributed by atoms with van der Waals surface area (Å²) in [7, 11) is -3.54. The second-order valence-electron chi connectivity index (χ2n) is 7.24. The number of piperazine rings is 1. The van der Waals surface area contributed by atoms with Gasteiger partial charge >= 0.3 is 0 Å². The fourth-order valence-corrected chi connectivity index (χ4v) is 4.52. The molecule has 1 fully saturated rings. The monoisotopic (exact) mass is 442 g/mol. The highest BCUT2D eigenvalue weighted by molar-refractivity contribution is 7.92. The lowest BCUT2D eigenvalue weighted by atomic mass is 10.2. The van der Waals surface area contributed by atoms with Gasteiger partial charge in [-0.05, 0) is 23.8 Å². The highest BCUT2D eigenvalue weighted by atomic mass is 32.2. The Hall–Kier alpha value is -2.93. The van der Waals surface area contributed by atoms with Crippen molar-refractivity contribution >= 4 is 22.0 Å². The molecule has 3 rings (SSSR count). The van der Waals surface area contributed by atoms with Gasteiger partial charge in [-0.1, -0.05) is 30.3 Å². The number of hydrogen-bond donors (Lipinski definition) is 0. The van der Waals surface area contributed by atoms with Crippen molar-refractivity contribution in [1.82, 2.24) is 14.1 Å². The molecule has 0 N–H and O–H groups in total. The molecule has 0 radical (unpaired) electrons. The minimum absolute atomic E-state index is 0.0821. The van der Waals surface area contributed by atoms with Gasteiger partial charge in [0, 0.05) is 44.6 Å². The lowest BCUT2D eigenvalue weighted by molar-refractivity contribution is -0.133. The van der Waals surface area contributed by atoms with Crippen molar-refractivity contribution < 1.29 is 17.6 Å². The van der Waals surface area contributed by atoms with Crippen LogP contribution in [0.15, 0.2) is 58.6 Å². The molecule has 1 aromatic heterocycles. The summed E-state index contributed by atoms with van der Waals surface area (Å²) in [5.41, 5.74) is 0.814. The molecule has 0 aliphatic carbocycles. The molecule has 1 aliphatic heterocycles. The van der Waals surface area contributed by atoms with Crippen molar-refractivity contribution in [3.05, 3.63) is 65.5 Å². The van der Waals surface area contributed by atoms with Crippen LogP contribution in [0.4, 0.5) is 0 Å². The van der Waals surface area contributed by atoms with Crippen LogP contribution in [0.5, 0.6) is 0 Å². The largest absolute Gasteiger partial charge is 0.468 e. The highest BCUT2D eigenvalue weighted by Crippen LogP contribution is 2.13. The second kappa shape index (κ2) is 10.9. The summed E-state index contributed by atoms with van der Waals surface area (Å²) < 4.78 is 31.9. The standard InChI is InChI=1S/C22H26N4O4S/c23-10-5-11-24(18-21-8-4-16-30-21)19-22(27)25-12-14-26(15-13-25)31(28,29)17-9-20-6-2-1-3-7-20/h1-4,6-9,16-17H,5,11-15,18-19H2/b17-9+. The molecule has 0 unspecified atom stereocenters. The number of furan rings is 1. The second-order valence-corrected chi connectivity index (χ2v) is 9.05. The third kappa shape index (κ3) is 6.79. The van der Waals surface area contributed by atoms with Gasteiger partial charge in [-0.25, -0.2) is 8.42 Å². The van der Waals surface area contributed by atoms with E-state index in [0.29, 0.717) is 32.6 Å². The Balaban J connectivity index is 1.53. The fourth-order valence-electron chi connectivity index (χ4n) is 3.34. The van der Waals surface area contributed by atoms with Gasteiger partial charge in [-0.2, -0.15) is 9.57 Å². The van der Waals surface area contributed by atoms with E-state index in [4.69, 9.17) is 9.68 Å². The smallest absolute Gasteiger partial charge is 0.236 e. The average molecular weight is 443 g/mol. The van der Waals surface area contributed by atoms with E-state index in [1.807, 2.05) is 41.3 Å². The van der Waals surface area contributed by atoms with Crippen LogP contribution < -0.4 is 0 Å². The molecular weight excluding hydrogens is 416 g/mol. The van der Waals surface area contributed by atoms with Crippen LogP contribution in [0.2, 0.25) is 0 Å². The number of carbonyl (C=O) groups is 1. The van der Waals surface area contributed by atoms with Crippen LogP contribution >= 0.6 is 0 Å². The molecule has 1 aliphatic rings. The summed E-state index contributed by atoms with van der Waals surface area (Å²) in [4.78, 5) is 16.3. The first-order chi connectivity index (χ1) is 15.0. The molecule has 0 bridgehead atoms. The van der Waals surface area contributed by atoms with Gasteiger partial charge in [0.25, 0.3) is 0 Å². The highest BCUT2D eigenvalue weighted by Gasteiger charge is 2.28. The lowest BCUT2D eigenvalue weighted by Crippen LogP contribution is -2.52. The van der Waals surface area contributed by atoms with Gasteiger partial charge in [0.05, 0.1) is 25.4 Å². The van der Waals surface area contributed by atoms with Crippen LogP contribution in [0.3, 0.4) is 0 Å². The maximum atomic E-state index is 12.8. The van der Waals surface area contributed by atoms with Crippen LogP contribution in [0, 0.1) is 11.3 Å². The Labute approximate surface area is 183 Å². The lowest BCUT2D eigenvalue weighted by Gasteiger charge is -2.34. The van der Waals surface area contributed by atoms with E-state index in [9.17, 15) is 13.2 Å². The van der Waals surface area contributed by atoms with E-state index < -0.39 is 10.0 Å². The summed E-state index contributed by atoms with van der Waals surface area (Å²) in [5, 5.41) is 10.1. The Morgan fingerprint density at radius 1 is 1.13 bits per heavy atom. The predicted molar refractivity (Wildman–Crippen MR) is 117 cm³/mol. The van der Waals surface area contributed by atoms with E-state index in [2.05, 4.69) is 6.07 Å². The third-order valence-electron chi connectivity index (χ3n) is 5.04. The summed E-state index contributed by atoms with van der Waals surface area (Å²) in [6, 6.07) is 15.0. The zero-order valence-corrected chi connectivity index (χ0v) is 18.1. The molecular formula is C22H26N4O4S. The van der Waals surface area contributed by atoms with Gasteiger partial charge in [0.15, 0.2) is 0 Å². The van der Waals surface area contributed by atoms with Crippen molar-refractivity contribution in [2.45, 2.75) is 13.0 Å². The van der Waals surface area contributed by atoms with E-state index in [-0.39, 0.29) is 25.5 Å². The Kier molecular flexibility index (Phi) is 8.00. The minimum atomic E-state index is -3.54. The van der Waals surface area contributed by atoms with Gasteiger partial charge in [-0.3, -0.25) is 9.69 Å². The van der Waals surface area contributed by atoms with Crippen molar-refractivity contribution in [1.29, 1.82) is 5.26 Å². The van der Waals surface area contributed by atoms with Gasteiger partial charge in [0.2, 0.25) is 15.9 Å². The molecule has 2 aromatic rings. The molecule has 1 amide bonds. The number of sulfonamides is 1. The maximum Gasteiger partial charge on any atom is 0.236 e. The Bertz CT molecular complexity index is 1010. The quantitative estimate of drug-likeness (QED) is 0.590. The molecule has 1 saturated heterocycles. The summed E-state index contributed by atoms with van der Waals surface area (Å²) in [6.07, 6.45) is 3.47. The van der Waals surface area contributed by atoms with E-state index >= 15 is 0 Å². The van der Waals surface area contributed by atoms with Crippen molar-refractivity contribution in [3.63, 3.8) is 0 Å². The zero-order chi connectivity index (χ0) is 22.1. The molecule has 31 heavy (non-hydrogen) atoms. The van der Waals surface area contributed by atoms with Crippen LogP contribution in [-0.4, -0.2) is 67.7 Å². The number of amides is 1. The number of nitriles is 1. The summed E-state index contributed by atoms with van der Waals surface area (Å²) in [5.74, 6) is 0.647. The molecule has 0 saturated carbocycles. The number of benzene rings is 1. The molecule has 164 valence electrons. The molecule has 0 atom stereocenters. The van der Waals surface area contributed by atoms with Crippen LogP contribution in [-0.2, 0) is 21.4 Å². The summed E-state index contributed by atoms with van der Waals surface area (Å²) in [6.45, 7) is 2.24. The number of rotatable bonds is 9. The molecule has 0 spiro atoms. The van der Waals surface area contributed by atoms with E-state index in [1.54, 1.807) is 23.3 Å². The molecule has 8 nitrogen and oxygen atoms in total.